The number of aromatic nitrogens is 1. The minimum absolute atomic E-state index is 0.161. The molecule has 2 aromatic rings. The van der Waals surface area contributed by atoms with Crippen molar-refractivity contribution in [1.29, 1.82) is 4.78 Å². The molecule has 0 fully saturated rings. The molecular formula is C19H23F3N2O2S. The van der Waals surface area contributed by atoms with Crippen molar-refractivity contribution in [1.82, 2.24) is 4.98 Å². The molecule has 8 heteroatoms. The van der Waals surface area contributed by atoms with Crippen LogP contribution in [0.2, 0.25) is 0 Å². The summed E-state index contributed by atoms with van der Waals surface area (Å²) >= 11 is 0. The normalized spacial score (nSPS) is 14.9. The number of nitrogens with one attached hydrogen (secondary N) is 2. The van der Waals surface area contributed by atoms with Crippen molar-refractivity contribution in [2.24, 2.45) is 0 Å². The molecule has 0 aliphatic carbocycles. The number of aryl methyl sites for hydroxylation is 2. The number of aromatic amines is 1. The van der Waals surface area contributed by atoms with E-state index >= 15 is 0 Å². The van der Waals surface area contributed by atoms with E-state index in [0.29, 0.717) is 5.56 Å². The van der Waals surface area contributed by atoms with Crippen LogP contribution in [0.5, 0.6) is 0 Å². The third kappa shape index (κ3) is 4.26. The quantitative estimate of drug-likeness (QED) is 0.744. The molecule has 1 heterocycles. The molecule has 0 aliphatic heterocycles. The Bertz CT molecular complexity index is 1060. The summed E-state index contributed by atoms with van der Waals surface area (Å²) in [6.07, 6.45) is -3.41. The van der Waals surface area contributed by atoms with E-state index in [4.69, 9.17) is 4.78 Å². The largest absolute Gasteiger partial charge is 0.416 e. The summed E-state index contributed by atoms with van der Waals surface area (Å²) in [5, 5.41) is 0. The predicted octanol–water partition coefficient (Wildman–Crippen LogP) is 5.01. The van der Waals surface area contributed by atoms with Crippen LogP contribution < -0.4 is 5.43 Å². The third-order valence-corrected chi connectivity index (χ3v) is 5.61. The molecule has 1 atom stereocenters. The fraction of sp³-hybridized carbons (Fsp3) is 0.421. The van der Waals surface area contributed by atoms with E-state index in [1.165, 1.54) is 13.0 Å². The maximum Gasteiger partial charge on any atom is 0.416 e. The van der Waals surface area contributed by atoms with E-state index in [9.17, 15) is 22.2 Å². The highest BCUT2D eigenvalue weighted by molar-refractivity contribution is 7.91. The monoisotopic (exact) mass is 400 g/mol. The molecular weight excluding hydrogens is 377 g/mol. The Morgan fingerprint density at radius 1 is 1.04 bits per heavy atom. The molecule has 148 valence electrons. The third-order valence-electron chi connectivity index (χ3n) is 4.32. The molecule has 2 N–H and O–H groups in total. The number of rotatable bonds is 2. The van der Waals surface area contributed by atoms with Crippen LogP contribution in [0.15, 0.2) is 27.9 Å². The van der Waals surface area contributed by atoms with Crippen molar-refractivity contribution in [3.63, 3.8) is 0 Å². The molecule has 0 saturated heterocycles. The van der Waals surface area contributed by atoms with E-state index in [0.717, 1.165) is 18.4 Å². The SMILES string of the molecule is Cc1cc(C(C)(C)C)c(C(F)(F)F)cc1-c1cc(=O)c(S(C)(=N)=O)c(C)[nH]1. The van der Waals surface area contributed by atoms with Gasteiger partial charge in [-0.3, -0.25) is 4.79 Å². The molecule has 0 aliphatic rings. The van der Waals surface area contributed by atoms with Gasteiger partial charge in [-0.1, -0.05) is 26.8 Å². The van der Waals surface area contributed by atoms with Crippen LogP contribution in [0.4, 0.5) is 13.2 Å². The zero-order chi connectivity index (χ0) is 20.9. The predicted molar refractivity (Wildman–Crippen MR) is 101 cm³/mol. The molecule has 2 rings (SSSR count). The van der Waals surface area contributed by atoms with Crippen molar-refractivity contribution in [2.45, 2.75) is 51.1 Å². The maximum atomic E-state index is 13.7. The average molecular weight is 400 g/mol. The van der Waals surface area contributed by atoms with Crippen LogP contribution >= 0.6 is 0 Å². The van der Waals surface area contributed by atoms with E-state index < -0.39 is 32.3 Å². The smallest absolute Gasteiger partial charge is 0.357 e. The number of hydrogen-bond acceptors (Lipinski definition) is 3. The first-order valence-electron chi connectivity index (χ1n) is 8.24. The van der Waals surface area contributed by atoms with Gasteiger partial charge in [-0.05, 0) is 36.5 Å². The van der Waals surface area contributed by atoms with E-state index in [1.807, 2.05) is 0 Å². The molecule has 0 saturated carbocycles. The fourth-order valence-electron chi connectivity index (χ4n) is 3.16. The molecule has 0 radical (unpaired) electrons. The first-order valence-corrected chi connectivity index (χ1v) is 10.2. The zero-order valence-electron chi connectivity index (χ0n) is 16.1. The van der Waals surface area contributed by atoms with Crippen LogP contribution in [0.1, 0.15) is 43.2 Å². The summed E-state index contributed by atoms with van der Waals surface area (Å²) in [6, 6.07) is 3.65. The first kappa shape index (κ1) is 21.2. The number of alkyl halides is 3. The Kier molecular flexibility index (Phi) is 5.11. The summed E-state index contributed by atoms with van der Waals surface area (Å²) in [5.74, 6) is 0. The summed E-state index contributed by atoms with van der Waals surface area (Å²) < 4.78 is 60.6. The lowest BCUT2D eigenvalue weighted by molar-refractivity contribution is -0.138. The lowest BCUT2D eigenvalue weighted by Crippen LogP contribution is -2.20. The first-order chi connectivity index (χ1) is 12.0. The van der Waals surface area contributed by atoms with Gasteiger partial charge in [-0.2, -0.15) is 13.2 Å². The minimum Gasteiger partial charge on any atom is -0.357 e. The molecule has 0 bridgehead atoms. The average Bonchev–Trinajstić information content (AvgIpc) is 2.42. The second-order valence-corrected chi connectivity index (χ2v) is 9.90. The highest BCUT2D eigenvalue weighted by Crippen LogP contribution is 2.40. The van der Waals surface area contributed by atoms with Crippen LogP contribution in [-0.2, 0) is 21.3 Å². The van der Waals surface area contributed by atoms with Gasteiger partial charge < -0.3 is 4.98 Å². The number of hydrogen-bond donors (Lipinski definition) is 2. The summed E-state index contributed by atoms with van der Waals surface area (Å²) in [6.45, 7) is 8.30. The van der Waals surface area contributed by atoms with Crippen molar-refractivity contribution in [3.8, 4) is 11.3 Å². The summed E-state index contributed by atoms with van der Waals surface area (Å²) in [7, 11) is -3.25. The van der Waals surface area contributed by atoms with Crippen LogP contribution in [0.25, 0.3) is 11.3 Å². The molecule has 0 amide bonds. The standard InChI is InChI=1S/C19H23F3N2O2S/c1-10-7-13(18(3,4)5)14(19(20,21)22)8-12(10)15-9-16(25)17(11(2)24-15)27(6,23)26/h7-9,23H,1-6H3,(H,24,25). The second-order valence-electron chi connectivity index (χ2n) is 7.81. The Hall–Kier alpha value is -2.09. The molecule has 27 heavy (non-hydrogen) atoms. The Labute approximate surface area is 156 Å². The highest BCUT2D eigenvalue weighted by Gasteiger charge is 2.37. The van der Waals surface area contributed by atoms with Crippen molar-refractivity contribution in [3.05, 3.63) is 50.8 Å². The van der Waals surface area contributed by atoms with E-state index in [-0.39, 0.29) is 27.4 Å². The molecule has 1 aromatic heterocycles. The van der Waals surface area contributed by atoms with Crippen LogP contribution in [0.3, 0.4) is 0 Å². The van der Waals surface area contributed by atoms with E-state index in [2.05, 4.69) is 4.98 Å². The number of pyridine rings is 1. The van der Waals surface area contributed by atoms with Crippen molar-refractivity contribution in [2.75, 3.05) is 6.26 Å². The Morgan fingerprint density at radius 2 is 1.59 bits per heavy atom. The lowest BCUT2D eigenvalue weighted by Gasteiger charge is -2.26. The van der Waals surface area contributed by atoms with Gasteiger partial charge in [0.2, 0.25) is 0 Å². The van der Waals surface area contributed by atoms with Gasteiger partial charge in [-0.15, -0.1) is 0 Å². The highest BCUT2D eigenvalue weighted by atomic mass is 32.2. The summed E-state index contributed by atoms with van der Waals surface area (Å²) in [5.41, 5.74) is -0.667. The second kappa shape index (κ2) is 6.51. The van der Waals surface area contributed by atoms with Crippen LogP contribution in [0, 0.1) is 18.6 Å². The minimum atomic E-state index is -4.54. The number of H-pyrrole nitrogens is 1. The van der Waals surface area contributed by atoms with Gasteiger partial charge in [0, 0.05) is 29.3 Å². The van der Waals surface area contributed by atoms with Gasteiger partial charge in [-0.25, -0.2) is 8.99 Å². The maximum absolute atomic E-state index is 13.7. The Balaban J connectivity index is 2.84. The molecule has 4 nitrogen and oxygen atoms in total. The van der Waals surface area contributed by atoms with Gasteiger partial charge >= 0.3 is 6.18 Å². The fourth-order valence-corrected chi connectivity index (χ4v) is 4.24. The van der Waals surface area contributed by atoms with Gasteiger partial charge in [0.15, 0.2) is 5.43 Å². The van der Waals surface area contributed by atoms with Crippen molar-refractivity contribution < 1.29 is 17.4 Å². The zero-order valence-corrected chi connectivity index (χ0v) is 16.9. The number of halogens is 3. The Morgan fingerprint density at radius 3 is 2.00 bits per heavy atom. The van der Waals surface area contributed by atoms with Gasteiger partial charge in [0.05, 0.1) is 15.3 Å². The van der Waals surface area contributed by atoms with E-state index in [1.54, 1.807) is 27.7 Å². The topological polar surface area (TPSA) is 73.8 Å². The molecule has 0 spiro atoms. The summed E-state index contributed by atoms with van der Waals surface area (Å²) in [4.78, 5) is 15.0. The molecule has 1 unspecified atom stereocenters. The van der Waals surface area contributed by atoms with Gasteiger partial charge in [0.25, 0.3) is 0 Å². The van der Waals surface area contributed by atoms with Crippen LogP contribution in [-0.4, -0.2) is 15.4 Å². The van der Waals surface area contributed by atoms with Gasteiger partial charge in [0.1, 0.15) is 4.90 Å². The lowest BCUT2D eigenvalue weighted by atomic mass is 9.81. The molecule has 1 aromatic carbocycles. The number of benzene rings is 1. The van der Waals surface area contributed by atoms with Crippen molar-refractivity contribution >= 4 is 9.73 Å².